The van der Waals surface area contributed by atoms with E-state index in [1.54, 1.807) is 11.3 Å². The molecular formula is C15H17N5S. The van der Waals surface area contributed by atoms with Crippen LogP contribution in [-0.2, 0) is 6.54 Å². The Morgan fingerprint density at radius 2 is 2.10 bits per heavy atom. The van der Waals surface area contributed by atoms with Gasteiger partial charge in [0.2, 0.25) is 0 Å². The van der Waals surface area contributed by atoms with Gasteiger partial charge in [-0.25, -0.2) is 9.97 Å². The van der Waals surface area contributed by atoms with Gasteiger partial charge in [-0.15, -0.1) is 11.3 Å². The van der Waals surface area contributed by atoms with E-state index in [1.807, 2.05) is 37.4 Å². The van der Waals surface area contributed by atoms with Gasteiger partial charge in [-0.05, 0) is 37.8 Å². The van der Waals surface area contributed by atoms with Gasteiger partial charge >= 0.3 is 0 Å². The lowest BCUT2D eigenvalue weighted by molar-refractivity contribution is 0.956. The maximum absolute atomic E-state index is 4.58. The summed E-state index contributed by atoms with van der Waals surface area (Å²) in [5.74, 6) is 1.59. The Bertz CT molecular complexity index is 746. The molecular weight excluding hydrogens is 282 g/mol. The smallest absolute Gasteiger partial charge is 0.171 e. The number of anilines is 1. The van der Waals surface area contributed by atoms with Gasteiger partial charge in [-0.2, -0.15) is 5.10 Å². The number of hydrogen-bond acceptors (Lipinski definition) is 5. The Balaban J connectivity index is 1.81. The second-order valence-electron chi connectivity index (χ2n) is 4.97. The van der Waals surface area contributed by atoms with Crippen molar-refractivity contribution in [1.29, 1.82) is 0 Å². The molecule has 0 aliphatic heterocycles. The zero-order valence-corrected chi connectivity index (χ0v) is 13.1. The molecule has 0 unspecified atom stereocenters. The van der Waals surface area contributed by atoms with Gasteiger partial charge in [0.25, 0.3) is 0 Å². The van der Waals surface area contributed by atoms with Crippen LogP contribution in [0.1, 0.15) is 22.6 Å². The van der Waals surface area contributed by atoms with Crippen molar-refractivity contribution >= 4 is 17.2 Å². The highest BCUT2D eigenvalue weighted by atomic mass is 32.1. The minimum atomic E-state index is 0.649. The summed E-state index contributed by atoms with van der Waals surface area (Å²) in [6.45, 7) is 6.72. The summed E-state index contributed by atoms with van der Waals surface area (Å²) in [4.78, 5) is 10.1. The maximum atomic E-state index is 4.58. The number of thiophene rings is 1. The monoisotopic (exact) mass is 299 g/mol. The van der Waals surface area contributed by atoms with E-state index in [4.69, 9.17) is 0 Å². The normalized spacial score (nSPS) is 10.8. The third kappa shape index (κ3) is 2.95. The quantitative estimate of drug-likeness (QED) is 0.774. The number of aromatic amines is 1. The predicted octanol–water partition coefficient (Wildman–Crippen LogP) is 3.47. The summed E-state index contributed by atoms with van der Waals surface area (Å²) < 4.78 is 0. The van der Waals surface area contributed by atoms with Crippen LogP contribution in [-0.4, -0.2) is 20.2 Å². The summed E-state index contributed by atoms with van der Waals surface area (Å²) in [7, 11) is 0. The second-order valence-corrected chi connectivity index (χ2v) is 5.92. The van der Waals surface area contributed by atoms with Crippen LogP contribution in [0.5, 0.6) is 0 Å². The summed E-state index contributed by atoms with van der Waals surface area (Å²) in [5, 5.41) is 12.7. The molecule has 3 heterocycles. The molecule has 0 bridgehead atoms. The van der Waals surface area contributed by atoms with Crippen LogP contribution in [0.3, 0.4) is 0 Å². The molecule has 0 spiro atoms. The fraction of sp³-hybridized carbons (Fsp3) is 0.267. The van der Waals surface area contributed by atoms with Crippen LogP contribution in [0.15, 0.2) is 23.6 Å². The van der Waals surface area contributed by atoms with E-state index < -0.39 is 0 Å². The van der Waals surface area contributed by atoms with Crippen molar-refractivity contribution in [3.8, 4) is 10.7 Å². The lowest BCUT2D eigenvalue weighted by Crippen LogP contribution is -2.05. The van der Waals surface area contributed by atoms with Gasteiger partial charge < -0.3 is 5.32 Å². The van der Waals surface area contributed by atoms with Crippen LogP contribution in [0.4, 0.5) is 5.82 Å². The first-order chi connectivity index (χ1) is 10.1. The Morgan fingerprint density at radius 1 is 1.24 bits per heavy atom. The van der Waals surface area contributed by atoms with Gasteiger partial charge in [0.15, 0.2) is 5.82 Å². The summed E-state index contributed by atoms with van der Waals surface area (Å²) in [6.07, 6.45) is 0. The van der Waals surface area contributed by atoms with Crippen LogP contribution in [0.25, 0.3) is 10.7 Å². The molecule has 0 saturated heterocycles. The van der Waals surface area contributed by atoms with Gasteiger partial charge in [0.1, 0.15) is 5.82 Å². The fourth-order valence-electron chi connectivity index (χ4n) is 2.06. The van der Waals surface area contributed by atoms with Crippen molar-refractivity contribution < 1.29 is 0 Å². The van der Waals surface area contributed by atoms with Gasteiger partial charge in [0.05, 0.1) is 17.1 Å². The zero-order valence-electron chi connectivity index (χ0n) is 12.3. The number of hydrogen-bond donors (Lipinski definition) is 2. The maximum Gasteiger partial charge on any atom is 0.171 e. The van der Waals surface area contributed by atoms with E-state index in [-0.39, 0.29) is 0 Å². The van der Waals surface area contributed by atoms with E-state index in [9.17, 15) is 0 Å². The van der Waals surface area contributed by atoms with Crippen molar-refractivity contribution in [2.45, 2.75) is 27.3 Å². The molecule has 0 atom stereocenters. The van der Waals surface area contributed by atoms with Crippen LogP contribution >= 0.6 is 11.3 Å². The highest BCUT2D eigenvalue weighted by molar-refractivity contribution is 7.13. The molecule has 6 heteroatoms. The molecule has 3 aromatic heterocycles. The number of rotatable bonds is 4. The van der Waals surface area contributed by atoms with Gasteiger partial charge in [0, 0.05) is 17.5 Å². The van der Waals surface area contributed by atoms with E-state index >= 15 is 0 Å². The van der Waals surface area contributed by atoms with Crippen molar-refractivity contribution in [3.63, 3.8) is 0 Å². The lowest BCUT2D eigenvalue weighted by atomic mass is 10.2. The predicted molar refractivity (Wildman–Crippen MR) is 85.5 cm³/mol. The Kier molecular flexibility index (Phi) is 3.70. The van der Waals surface area contributed by atoms with Crippen molar-refractivity contribution in [1.82, 2.24) is 20.2 Å². The Labute approximate surface area is 127 Å². The topological polar surface area (TPSA) is 66.5 Å². The number of nitrogens with one attached hydrogen (secondary N) is 2. The van der Waals surface area contributed by atoms with Crippen LogP contribution in [0.2, 0.25) is 0 Å². The third-order valence-corrected chi connectivity index (χ3v) is 4.25. The van der Waals surface area contributed by atoms with Crippen molar-refractivity contribution in [2.75, 3.05) is 5.32 Å². The number of H-pyrrole nitrogens is 1. The summed E-state index contributed by atoms with van der Waals surface area (Å²) >= 11 is 1.64. The molecule has 0 aliphatic carbocycles. The average Bonchev–Trinajstić information content (AvgIpc) is 3.09. The first kappa shape index (κ1) is 13.8. The van der Waals surface area contributed by atoms with E-state index in [1.165, 1.54) is 5.56 Å². The van der Waals surface area contributed by atoms with E-state index in [0.717, 1.165) is 33.6 Å². The molecule has 21 heavy (non-hydrogen) atoms. The average molecular weight is 299 g/mol. The van der Waals surface area contributed by atoms with Crippen LogP contribution < -0.4 is 5.32 Å². The van der Waals surface area contributed by atoms with Crippen molar-refractivity contribution in [3.05, 3.63) is 46.2 Å². The fourth-order valence-corrected chi connectivity index (χ4v) is 2.71. The molecule has 2 N–H and O–H groups in total. The first-order valence-corrected chi connectivity index (χ1v) is 7.65. The second kappa shape index (κ2) is 5.65. The van der Waals surface area contributed by atoms with E-state index in [2.05, 4.69) is 32.4 Å². The standard InChI is InChI=1S/C15H17N5S/c1-9-7-14(16-8-12-10(2)11(3)19-20-12)18-15(17-9)13-5-4-6-21-13/h4-7H,8H2,1-3H3,(H,19,20)(H,16,17,18). The molecule has 0 aliphatic rings. The summed E-state index contributed by atoms with van der Waals surface area (Å²) in [5.41, 5.74) is 4.25. The number of aromatic nitrogens is 4. The number of aryl methyl sites for hydroxylation is 2. The highest BCUT2D eigenvalue weighted by Crippen LogP contribution is 2.23. The van der Waals surface area contributed by atoms with Gasteiger partial charge in [-0.3, -0.25) is 5.10 Å². The minimum absolute atomic E-state index is 0.649. The molecule has 0 aromatic carbocycles. The SMILES string of the molecule is Cc1cc(NCc2n[nH]c(C)c2C)nc(-c2cccs2)n1. The molecule has 0 radical (unpaired) electrons. The Morgan fingerprint density at radius 3 is 2.76 bits per heavy atom. The summed E-state index contributed by atoms with van der Waals surface area (Å²) in [6, 6.07) is 5.99. The third-order valence-electron chi connectivity index (χ3n) is 3.39. The number of nitrogens with zero attached hydrogens (tertiary/aromatic N) is 3. The molecule has 0 saturated carbocycles. The van der Waals surface area contributed by atoms with Gasteiger partial charge in [-0.1, -0.05) is 6.07 Å². The lowest BCUT2D eigenvalue weighted by Gasteiger charge is -2.07. The van der Waals surface area contributed by atoms with Crippen molar-refractivity contribution in [2.24, 2.45) is 0 Å². The molecule has 108 valence electrons. The highest BCUT2D eigenvalue weighted by Gasteiger charge is 2.08. The largest absolute Gasteiger partial charge is 0.364 e. The molecule has 5 nitrogen and oxygen atoms in total. The molecule has 3 aromatic rings. The molecule has 0 amide bonds. The van der Waals surface area contributed by atoms with Crippen LogP contribution in [0, 0.1) is 20.8 Å². The Hall–Kier alpha value is -2.21. The van der Waals surface area contributed by atoms with E-state index in [0.29, 0.717) is 6.54 Å². The molecule has 3 rings (SSSR count). The zero-order chi connectivity index (χ0) is 14.8. The minimum Gasteiger partial charge on any atom is -0.364 e. The molecule has 0 fully saturated rings. The first-order valence-electron chi connectivity index (χ1n) is 6.77.